The van der Waals surface area contributed by atoms with Crippen LogP contribution in [-0.2, 0) is 13.1 Å². The number of furan rings is 1. The number of thiophene rings is 1. The van der Waals surface area contributed by atoms with Crippen molar-refractivity contribution in [2.24, 2.45) is 0 Å². The molecule has 0 saturated heterocycles. The van der Waals surface area contributed by atoms with Gasteiger partial charge in [0.05, 0.1) is 6.26 Å². The number of hydrogen-bond donors (Lipinski definition) is 1. The van der Waals surface area contributed by atoms with Crippen molar-refractivity contribution in [1.29, 1.82) is 0 Å². The van der Waals surface area contributed by atoms with E-state index >= 15 is 0 Å². The molecule has 0 radical (unpaired) electrons. The van der Waals surface area contributed by atoms with Crippen molar-refractivity contribution >= 4 is 11.3 Å². The van der Waals surface area contributed by atoms with Crippen LogP contribution in [0.4, 0.5) is 0 Å². The summed E-state index contributed by atoms with van der Waals surface area (Å²) in [5, 5.41) is 5.46. The molecule has 0 aromatic carbocycles. The molecule has 1 N–H and O–H groups in total. The highest BCUT2D eigenvalue weighted by atomic mass is 32.1. The topological polar surface area (TPSA) is 25.2 Å². The Bertz CT molecular complexity index is 378. The van der Waals surface area contributed by atoms with Gasteiger partial charge < -0.3 is 9.73 Å². The van der Waals surface area contributed by atoms with E-state index in [0.717, 1.165) is 18.8 Å². The third kappa shape index (κ3) is 2.47. The zero-order valence-electron chi connectivity index (χ0n) is 8.12. The van der Waals surface area contributed by atoms with Crippen molar-refractivity contribution in [3.8, 4) is 0 Å². The Hall–Kier alpha value is -1.06. The first-order chi connectivity index (χ1) is 6.84. The standard InChI is InChI=1S/C11H13NOS/c1-9-5-10(8-13-9)6-12-7-11-3-2-4-14-11/h2-5,8,12H,6-7H2,1H3. The predicted molar refractivity (Wildman–Crippen MR) is 58.3 cm³/mol. The van der Waals surface area contributed by atoms with Crippen LogP contribution in [-0.4, -0.2) is 0 Å². The third-order valence-corrected chi connectivity index (χ3v) is 2.87. The lowest BCUT2D eigenvalue weighted by molar-refractivity contribution is 0.529. The van der Waals surface area contributed by atoms with Crippen molar-refractivity contribution in [3.05, 3.63) is 46.0 Å². The van der Waals surface area contributed by atoms with E-state index in [4.69, 9.17) is 4.42 Å². The molecule has 74 valence electrons. The summed E-state index contributed by atoms with van der Waals surface area (Å²) in [5.74, 6) is 0.970. The Labute approximate surface area is 87.6 Å². The maximum atomic E-state index is 5.21. The molecule has 2 aromatic rings. The second kappa shape index (κ2) is 4.44. The van der Waals surface area contributed by atoms with Crippen molar-refractivity contribution in [1.82, 2.24) is 5.32 Å². The van der Waals surface area contributed by atoms with Crippen LogP contribution >= 0.6 is 11.3 Å². The Morgan fingerprint density at radius 1 is 1.43 bits per heavy atom. The highest BCUT2D eigenvalue weighted by molar-refractivity contribution is 7.09. The van der Waals surface area contributed by atoms with Gasteiger partial charge in [-0.2, -0.15) is 0 Å². The van der Waals surface area contributed by atoms with E-state index in [2.05, 4.69) is 28.9 Å². The second-order valence-electron chi connectivity index (χ2n) is 3.25. The van der Waals surface area contributed by atoms with Gasteiger partial charge in [0.15, 0.2) is 0 Å². The van der Waals surface area contributed by atoms with E-state index in [0.29, 0.717) is 0 Å². The summed E-state index contributed by atoms with van der Waals surface area (Å²) in [7, 11) is 0. The molecule has 2 heterocycles. The summed E-state index contributed by atoms with van der Waals surface area (Å²) in [4.78, 5) is 1.37. The highest BCUT2D eigenvalue weighted by Gasteiger charge is 1.97. The smallest absolute Gasteiger partial charge is 0.101 e. The summed E-state index contributed by atoms with van der Waals surface area (Å²) in [6, 6.07) is 6.27. The summed E-state index contributed by atoms with van der Waals surface area (Å²) >= 11 is 1.78. The first-order valence-corrected chi connectivity index (χ1v) is 5.49. The van der Waals surface area contributed by atoms with Crippen molar-refractivity contribution in [3.63, 3.8) is 0 Å². The Balaban J connectivity index is 1.78. The molecule has 2 nitrogen and oxygen atoms in total. The molecule has 14 heavy (non-hydrogen) atoms. The van der Waals surface area contributed by atoms with Gasteiger partial charge in [-0.1, -0.05) is 6.07 Å². The normalized spacial score (nSPS) is 10.6. The van der Waals surface area contributed by atoms with Gasteiger partial charge in [-0.05, 0) is 24.4 Å². The van der Waals surface area contributed by atoms with Crippen molar-refractivity contribution in [2.45, 2.75) is 20.0 Å². The van der Waals surface area contributed by atoms with E-state index in [1.807, 2.05) is 6.92 Å². The highest BCUT2D eigenvalue weighted by Crippen LogP contribution is 2.09. The Morgan fingerprint density at radius 2 is 2.36 bits per heavy atom. The lowest BCUT2D eigenvalue weighted by Gasteiger charge is -1.99. The second-order valence-corrected chi connectivity index (χ2v) is 4.28. The summed E-state index contributed by atoms with van der Waals surface area (Å²) in [5.41, 5.74) is 1.21. The summed E-state index contributed by atoms with van der Waals surface area (Å²) in [6.07, 6.45) is 1.80. The van der Waals surface area contributed by atoms with Crippen LogP contribution in [0.1, 0.15) is 16.2 Å². The number of aryl methyl sites for hydroxylation is 1. The Kier molecular flexibility index (Phi) is 3.01. The van der Waals surface area contributed by atoms with E-state index in [-0.39, 0.29) is 0 Å². The van der Waals surface area contributed by atoms with Crippen LogP contribution in [0, 0.1) is 6.92 Å². The minimum Gasteiger partial charge on any atom is -0.469 e. The molecule has 0 unspecified atom stereocenters. The Morgan fingerprint density at radius 3 is 3.00 bits per heavy atom. The molecule has 3 heteroatoms. The SMILES string of the molecule is Cc1cc(CNCc2cccs2)co1. The fourth-order valence-corrected chi connectivity index (χ4v) is 2.01. The molecule has 2 aromatic heterocycles. The molecular weight excluding hydrogens is 194 g/mol. The molecule has 0 amide bonds. The molecule has 0 saturated carbocycles. The molecule has 0 bridgehead atoms. The van der Waals surface area contributed by atoms with E-state index in [1.54, 1.807) is 17.6 Å². The summed E-state index contributed by atoms with van der Waals surface area (Å²) < 4.78 is 5.21. The molecule has 0 spiro atoms. The minimum atomic E-state index is 0.870. The molecular formula is C11H13NOS. The average Bonchev–Trinajstić information content (AvgIpc) is 2.77. The molecule has 0 fully saturated rings. The van der Waals surface area contributed by atoms with Crippen molar-refractivity contribution in [2.75, 3.05) is 0 Å². The van der Waals surface area contributed by atoms with Gasteiger partial charge in [-0.15, -0.1) is 11.3 Å². The van der Waals surface area contributed by atoms with Crippen LogP contribution in [0.3, 0.4) is 0 Å². The number of nitrogens with one attached hydrogen (secondary N) is 1. The van der Waals surface area contributed by atoms with Crippen LogP contribution in [0.5, 0.6) is 0 Å². The largest absolute Gasteiger partial charge is 0.469 e. The molecule has 0 atom stereocenters. The van der Waals surface area contributed by atoms with Gasteiger partial charge in [0.25, 0.3) is 0 Å². The van der Waals surface area contributed by atoms with Crippen LogP contribution < -0.4 is 5.32 Å². The molecule has 0 aliphatic rings. The maximum Gasteiger partial charge on any atom is 0.101 e. The van der Waals surface area contributed by atoms with Gasteiger partial charge in [0, 0.05) is 23.5 Å². The minimum absolute atomic E-state index is 0.870. The van der Waals surface area contributed by atoms with E-state index < -0.39 is 0 Å². The van der Waals surface area contributed by atoms with E-state index in [1.165, 1.54) is 10.4 Å². The van der Waals surface area contributed by atoms with Gasteiger partial charge >= 0.3 is 0 Å². The number of rotatable bonds is 4. The molecule has 2 rings (SSSR count). The van der Waals surface area contributed by atoms with Crippen LogP contribution in [0.25, 0.3) is 0 Å². The van der Waals surface area contributed by atoms with Crippen molar-refractivity contribution < 1.29 is 4.42 Å². The zero-order chi connectivity index (χ0) is 9.80. The summed E-state index contributed by atoms with van der Waals surface area (Å²) in [6.45, 7) is 3.76. The molecule has 0 aliphatic carbocycles. The molecule has 0 aliphatic heterocycles. The van der Waals surface area contributed by atoms with Gasteiger partial charge in [-0.25, -0.2) is 0 Å². The monoisotopic (exact) mass is 207 g/mol. The lowest BCUT2D eigenvalue weighted by Crippen LogP contribution is -2.10. The fourth-order valence-electron chi connectivity index (χ4n) is 1.33. The zero-order valence-corrected chi connectivity index (χ0v) is 8.93. The first kappa shape index (κ1) is 9.49. The fraction of sp³-hybridized carbons (Fsp3) is 0.273. The number of hydrogen-bond acceptors (Lipinski definition) is 3. The van der Waals surface area contributed by atoms with Gasteiger partial charge in [0.1, 0.15) is 5.76 Å². The van der Waals surface area contributed by atoms with E-state index in [9.17, 15) is 0 Å². The van der Waals surface area contributed by atoms with Crippen LogP contribution in [0.2, 0.25) is 0 Å². The maximum absolute atomic E-state index is 5.21. The van der Waals surface area contributed by atoms with Gasteiger partial charge in [-0.3, -0.25) is 0 Å². The lowest BCUT2D eigenvalue weighted by atomic mass is 10.3. The first-order valence-electron chi connectivity index (χ1n) is 4.62. The average molecular weight is 207 g/mol. The quantitative estimate of drug-likeness (QED) is 0.834. The van der Waals surface area contributed by atoms with Gasteiger partial charge in [0.2, 0.25) is 0 Å². The third-order valence-electron chi connectivity index (χ3n) is 1.99. The van der Waals surface area contributed by atoms with Crippen LogP contribution in [0.15, 0.2) is 34.3 Å². The predicted octanol–water partition coefficient (Wildman–Crippen LogP) is 2.94.